The highest BCUT2D eigenvalue weighted by molar-refractivity contribution is 7.10. The Balaban J connectivity index is 2.03. The molecule has 0 amide bonds. The lowest BCUT2D eigenvalue weighted by Crippen LogP contribution is -2.44. The summed E-state index contributed by atoms with van der Waals surface area (Å²) in [6.07, 6.45) is 2.67. The summed E-state index contributed by atoms with van der Waals surface area (Å²) in [5, 5.41) is 2.13. The molecule has 0 spiro atoms. The van der Waals surface area contributed by atoms with Crippen LogP contribution in [0.2, 0.25) is 0 Å². The van der Waals surface area contributed by atoms with E-state index in [1.165, 1.54) is 4.88 Å². The molecule has 2 N–H and O–H groups in total. The number of nitrogens with two attached hydrogens (primary N) is 1. The molecule has 2 heterocycles. The van der Waals surface area contributed by atoms with Crippen molar-refractivity contribution in [2.24, 2.45) is 5.73 Å². The van der Waals surface area contributed by atoms with Crippen LogP contribution >= 0.6 is 11.3 Å². The molecule has 0 aliphatic carbocycles. The minimum absolute atomic E-state index is 0.174. The molecule has 0 aromatic carbocycles. The van der Waals surface area contributed by atoms with Gasteiger partial charge < -0.3 is 10.5 Å². The highest BCUT2D eigenvalue weighted by Gasteiger charge is 2.28. The predicted octanol–water partition coefficient (Wildman–Crippen LogP) is 2.25. The van der Waals surface area contributed by atoms with E-state index in [-0.39, 0.29) is 6.04 Å². The standard InChI is InChI=1S/C13H22N2OS/c1-10(14)13(12-4-3-9-17-12)15-7-5-11(16-2)6-8-15/h3-4,9-11,13H,5-8,14H2,1-2H3. The van der Waals surface area contributed by atoms with Crippen LogP contribution in [-0.2, 0) is 4.74 Å². The first kappa shape index (κ1) is 13.0. The molecule has 1 aliphatic rings. The second-order valence-corrected chi connectivity index (χ2v) is 5.77. The lowest BCUT2D eigenvalue weighted by Gasteiger charge is -2.38. The maximum atomic E-state index is 6.16. The predicted molar refractivity (Wildman–Crippen MR) is 72.3 cm³/mol. The first-order chi connectivity index (χ1) is 8.22. The Morgan fingerprint density at radius 1 is 1.47 bits per heavy atom. The molecule has 96 valence electrons. The van der Waals surface area contributed by atoms with Crippen molar-refractivity contribution in [3.8, 4) is 0 Å². The van der Waals surface area contributed by atoms with Gasteiger partial charge in [0, 0.05) is 31.1 Å². The Hall–Kier alpha value is -0.420. The fourth-order valence-electron chi connectivity index (χ4n) is 2.62. The van der Waals surface area contributed by atoms with Crippen LogP contribution in [-0.4, -0.2) is 37.2 Å². The van der Waals surface area contributed by atoms with Crippen molar-refractivity contribution in [1.82, 2.24) is 4.90 Å². The lowest BCUT2D eigenvalue weighted by atomic mass is 10.0. The van der Waals surface area contributed by atoms with E-state index < -0.39 is 0 Å². The summed E-state index contributed by atoms with van der Waals surface area (Å²) in [7, 11) is 1.81. The van der Waals surface area contributed by atoms with E-state index in [1.807, 2.05) is 7.11 Å². The highest BCUT2D eigenvalue weighted by Crippen LogP contribution is 2.30. The molecule has 2 atom stereocenters. The summed E-state index contributed by atoms with van der Waals surface area (Å²) >= 11 is 1.81. The highest BCUT2D eigenvalue weighted by atomic mass is 32.1. The van der Waals surface area contributed by atoms with E-state index in [0.29, 0.717) is 12.1 Å². The van der Waals surface area contributed by atoms with Gasteiger partial charge in [0.15, 0.2) is 0 Å². The molecule has 0 saturated carbocycles. The minimum atomic E-state index is 0.174. The van der Waals surface area contributed by atoms with E-state index in [2.05, 4.69) is 29.3 Å². The molecule has 2 unspecified atom stereocenters. The number of hydrogen-bond acceptors (Lipinski definition) is 4. The lowest BCUT2D eigenvalue weighted by molar-refractivity contribution is 0.0240. The molecule has 4 heteroatoms. The van der Waals surface area contributed by atoms with Gasteiger partial charge in [-0.15, -0.1) is 11.3 Å². The molecule has 1 fully saturated rings. The largest absolute Gasteiger partial charge is 0.381 e. The maximum Gasteiger partial charge on any atom is 0.0595 e. The Labute approximate surface area is 108 Å². The van der Waals surface area contributed by atoms with Gasteiger partial charge in [0.1, 0.15) is 0 Å². The Morgan fingerprint density at radius 3 is 2.65 bits per heavy atom. The summed E-state index contributed by atoms with van der Waals surface area (Å²) in [5.74, 6) is 0. The molecule has 17 heavy (non-hydrogen) atoms. The van der Waals surface area contributed by atoms with Crippen molar-refractivity contribution in [1.29, 1.82) is 0 Å². The summed E-state index contributed by atoms with van der Waals surface area (Å²) < 4.78 is 5.42. The number of hydrogen-bond donors (Lipinski definition) is 1. The smallest absolute Gasteiger partial charge is 0.0595 e. The topological polar surface area (TPSA) is 38.5 Å². The molecule has 1 aliphatic heterocycles. The summed E-state index contributed by atoms with van der Waals surface area (Å²) in [5.41, 5.74) is 6.16. The van der Waals surface area contributed by atoms with E-state index in [1.54, 1.807) is 11.3 Å². The molecule has 1 aromatic heterocycles. The van der Waals surface area contributed by atoms with Crippen molar-refractivity contribution in [3.63, 3.8) is 0 Å². The van der Waals surface area contributed by atoms with Gasteiger partial charge in [-0.2, -0.15) is 0 Å². The number of ether oxygens (including phenoxy) is 1. The molecule has 0 bridgehead atoms. The van der Waals surface area contributed by atoms with E-state index in [4.69, 9.17) is 10.5 Å². The van der Waals surface area contributed by atoms with Crippen molar-refractivity contribution in [2.45, 2.75) is 38.0 Å². The molecular formula is C13H22N2OS. The van der Waals surface area contributed by atoms with E-state index in [9.17, 15) is 0 Å². The van der Waals surface area contributed by atoms with Crippen LogP contribution in [0.15, 0.2) is 17.5 Å². The monoisotopic (exact) mass is 254 g/mol. The zero-order valence-corrected chi connectivity index (χ0v) is 11.5. The van der Waals surface area contributed by atoms with Gasteiger partial charge in [-0.25, -0.2) is 0 Å². The molecule has 2 rings (SSSR count). The third-order valence-electron chi connectivity index (χ3n) is 3.54. The number of rotatable bonds is 4. The normalized spacial score (nSPS) is 22.5. The van der Waals surface area contributed by atoms with Gasteiger partial charge in [-0.3, -0.25) is 4.90 Å². The number of piperidine rings is 1. The van der Waals surface area contributed by atoms with Gasteiger partial charge >= 0.3 is 0 Å². The third-order valence-corrected chi connectivity index (χ3v) is 4.48. The zero-order valence-electron chi connectivity index (χ0n) is 10.6. The van der Waals surface area contributed by atoms with Gasteiger partial charge in [0.05, 0.1) is 12.1 Å². The Kier molecular flexibility index (Phi) is 4.56. The summed E-state index contributed by atoms with van der Waals surface area (Å²) in [4.78, 5) is 3.89. The second-order valence-electron chi connectivity index (χ2n) is 4.79. The zero-order chi connectivity index (χ0) is 12.3. The van der Waals surface area contributed by atoms with Crippen LogP contribution in [0.1, 0.15) is 30.7 Å². The number of nitrogens with zero attached hydrogens (tertiary/aromatic N) is 1. The second kappa shape index (κ2) is 5.96. The van der Waals surface area contributed by atoms with Crippen LogP contribution < -0.4 is 5.73 Å². The Bertz CT molecular complexity index is 318. The summed E-state index contributed by atoms with van der Waals surface area (Å²) in [6.45, 7) is 4.28. The fourth-order valence-corrected chi connectivity index (χ4v) is 3.60. The third kappa shape index (κ3) is 3.07. The molecular weight excluding hydrogens is 232 g/mol. The van der Waals surface area contributed by atoms with Gasteiger partial charge in [0.2, 0.25) is 0 Å². The number of methoxy groups -OCH3 is 1. The van der Waals surface area contributed by atoms with E-state index in [0.717, 1.165) is 25.9 Å². The van der Waals surface area contributed by atoms with Crippen LogP contribution in [0.25, 0.3) is 0 Å². The molecule has 0 radical (unpaired) electrons. The van der Waals surface area contributed by atoms with Crippen LogP contribution in [0.4, 0.5) is 0 Å². The summed E-state index contributed by atoms with van der Waals surface area (Å²) in [6, 6.07) is 4.85. The SMILES string of the molecule is COC1CCN(C(c2cccs2)C(C)N)CC1. The van der Waals surface area contributed by atoms with Gasteiger partial charge in [0.25, 0.3) is 0 Å². The van der Waals surface area contributed by atoms with Gasteiger partial charge in [-0.1, -0.05) is 6.07 Å². The minimum Gasteiger partial charge on any atom is -0.381 e. The van der Waals surface area contributed by atoms with Crippen molar-refractivity contribution < 1.29 is 4.74 Å². The fraction of sp³-hybridized carbons (Fsp3) is 0.692. The number of thiophene rings is 1. The van der Waals surface area contributed by atoms with Crippen LogP contribution in [0, 0.1) is 0 Å². The molecule has 3 nitrogen and oxygen atoms in total. The average Bonchev–Trinajstić information content (AvgIpc) is 2.83. The average molecular weight is 254 g/mol. The van der Waals surface area contributed by atoms with Crippen LogP contribution in [0.5, 0.6) is 0 Å². The first-order valence-corrected chi connectivity index (χ1v) is 7.16. The van der Waals surface area contributed by atoms with Gasteiger partial charge in [-0.05, 0) is 31.2 Å². The Morgan fingerprint density at radius 2 is 2.18 bits per heavy atom. The van der Waals surface area contributed by atoms with Crippen molar-refractivity contribution in [2.75, 3.05) is 20.2 Å². The van der Waals surface area contributed by atoms with Crippen LogP contribution in [0.3, 0.4) is 0 Å². The van der Waals surface area contributed by atoms with E-state index >= 15 is 0 Å². The number of likely N-dealkylation sites (tertiary alicyclic amines) is 1. The maximum absolute atomic E-state index is 6.16. The molecule has 1 aromatic rings. The van der Waals surface area contributed by atoms with Crippen molar-refractivity contribution in [3.05, 3.63) is 22.4 Å². The first-order valence-electron chi connectivity index (χ1n) is 6.28. The molecule has 1 saturated heterocycles. The quantitative estimate of drug-likeness (QED) is 0.895. The van der Waals surface area contributed by atoms with Crippen molar-refractivity contribution >= 4 is 11.3 Å².